The summed E-state index contributed by atoms with van der Waals surface area (Å²) in [4.78, 5) is 15.6. The number of nitrogens with one attached hydrogen (secondary N) is 1. The second-order valence-electron chi connectivity index (χ2n) is 5.22. The number of phenolic OH excluding ortho intramolecular Hbond substituents is 1. The van der Waals surface area contributed by atoms with Gasteiger partial charge in [0.1, 0.15) is 11.5 Å². The number of H-pyrrole nitrogens is 1. The number of pyridine rings is 1. The number of methoxy groups -OCH3 is 1. The fourth-order valence-electron chi connectivity index (χ4n) is 2.65. The Bertz CT molecular complexity index is 977. The lowest BCUT2D eigenvalue weighted by molar-refractivity contribution is 0.174. The largest absolute Gasteiger partial charge is 0.508 e. The molecule has 2 N–H and O–H groups in total. The van der Waals surface area contributed by atoms with Crippen LogP contribution in [0.2, 0.25) is 0 Å². The van der Waals surface area contributed by atoms with Gasteiger partial charge in [0.05, 0.1) is 12.6 Å². The molecule has 2 aromatic carbocycles. The van der Waals surface area contributed by atoms with Crippen molar-refractivity contribution in [3.05, 3.63) is 46.6 Å². The monoisotopic (exact) mass is 311 g/mol. The average molecular weight is 311 g/mol. The van der Waals surface area contributed by atoms with Gasteiger partial charge in [0.25, 0.3) is 0 Å². The van der Waals surface area contributed by atoms with Crippen molar-refractivity contribution in [1.82, 2.24) is 4.98 Å². The van der Waals surface area contributed by atoms with E-state index < -0.39 is 0 Å². The van der Waals surface area contributed by atoms with Crippen LogP contribution in [-0.4, -0.2) is 24.0 Å². The van der Waals surface area contributed by atoms with E-state index in [0.717, 1.165) is 0 Å². The Balaban J connectivity index is 1.93. The van der Waals surface area contributed by atoms with Crippen LogP contribution in [0.4, 0.5) is 0 Å². The van der Waals surface area contributed by atoms with Crippen LogP contribution >= 0.6 is 0 Å². The van der Waals surface area contributed by atoms with Gasteiger partial charge in [0.2, 0.25) is 6.79 Å². The Hall–Kier alpha value is -3.15. The molecule has 3 aromatic rings. The molecule has 4 rings (SSSR count). The number of aromatic hydroxyl groups is 1. The van der Waals surface area contributed by atoms with Crippen LogP contribution in [0.1, 0.15) is 0 Å². The van der Waals surface area contributed by atoms with Crippen LogP contribution in [0.3, 0.4) is 0 Å². The molecule has 6 nitrogen and oxygen atoms in total. The molecule has 1 aromatic heterocycles. The highest BCUT2D eigenvalue weighted by Crippen LogP contribution is 2.35. The van der Waals surface area contributed by atoms with E-state index in [2.05, 4.69) is 4.98 Å². The standard InChI is InChI=1S/C17H13NO5/c1-21-11-3-9(2-10(19)4-11)13-6-15(20)12-5-16-17(23-8-22-16)7-14(12)18-13/h2-7,19H,8H2,1H3,(H,18,20). The molecule has 23 heavy (non-hydrogen) atoms. The molecule has 0 unspecified atom stereocenters. The summed E-state index contributed by atoms with van der Waals surface area (Å²) in [5.74, 6) is 1.73. The molecule has 1 aliphatic rings. The summed E-state index contributed by atoms with van der Waals surface area (Å²) >= 11 is 0. The zero-order valence-electron chi connectivity index (χ0n) is 12.3. The lowest BCUT2D eigenvalue weighted by Crippen LogP contribution is -2.03. The van der Waals surface area contributed by atoms with Crippen molar-refractivity contribution in [3.8, 4) is 34.3 Å². The van der Waals surface area contributed by atoms with Gasteiger partial charge in [-0.25, -0.2) is 0 Å². The van der Waals surface area contributed by atoms with Gasteiger partial charge in [-0.3, -0.25) is 4.79 Å². The minimum atomic E-state index is -0.144. The highest BCUT2D eigenvalue weighted by molar-refractivity contribution is 5.85. The van der Waals surface area contributed by atoms with Crippen molar-refractivity contribution >= 4 is 10.9 Å². The van der Waals surface area contributed by atoms with Gasteiger partial charge in [-0.2, -0.15) is 0 Å². The fraction of sp³-hybridized carbons (Fsp3) is 0.118. The Morgan fingerprint density at radius 3 is 2.65 bits per heavy atom. The maximum Gasteiger partial charge on any atom is 0.231 e. The lowest BCUT2D eigenvalue weighted by Gasteiger charge is -2.08. The molecular formula is C17H13NO5. The van der Waals surface area contributed by atoms with E-state index in [1.54, 1.807) is 24.3 Å². The molecule has 0 aliphatic carbocycles. The Labute approximate surface area is 130 Å². The maximum atomic E-state index is 12.4. The molecule has 116 valence electrons. The molecule has 0 atom stereocenters. The van der Waals surface area contributed by atoms with E-state index in [1.807, 2.05) is 0 Å². The SMILES string of the molecule is COc1cc(O)cc(-c2cc(=O)c3cc4c(cc3[nH]2)OCO4)c1. The van der Waals surface area contributed by atoms with Gasteiger partial charge < -0.3 is 24.3 Å². The second kappa shape index (κ2) is 4.95. The van der Waals surface area contributed by atoms with E-state index in [-0.39, 0.29) is 18.0 Å². The molecule has 0 saturated heterocycles. The third kappa shape index (κ3) is 2.24. The summed E-state index contributed by atoms with van der Waals surface area (Å²) < 4.78 is 15.8. The van der Waals surface area contributed by atoms with Crippen molar-refractivity contribution < 1.29 is 19.3 Å². The van der Waals surface area contributed by atoms with Crippen molar-refractivity contribution in [2.45, 2.75) is 0 Å². The highest BCUT2D eigenvalue weighted by Gasteiger charge is 2.16. The maximum absolute atomic E-state index is 12.4. The molecule has 0 spiro atoms. The normalized spacial score (nSPS) is 12.6. The Morgan fingerprint density at radius 2 is 1.87 bits per heavy atom. The smallest absolute Gasteiger partial charge is 0.231 e. The molecule has 1 aliphatic heterocycles. The molecule has 2 heterocycles. The van der Waals surface area contributed by atoms with Gasteiger partial charge in [-0.15, -0.1) is 0 Å². The minimum absolute atomic E-state index is 0.0611. The lowest BCUT2D eigenvalue weighted by atomic mass is 10.1. The van der Waals surface area contributed by atoms with E-state index in [0.29, 0.717) is 39.4 Å². The molecular weight excluding hydrogens is 298 g/mol. The van der Waals surface area contributed by atoms with E-state index >= 15 is 0 Å². The van der Waals surface area contributed by atoms with E-state index in [4.69, 9.17) is 14.2 Å². The van der Waals surface area contributed by atoms with Crippen molar-refractivity contribution in [2.75, 3.05) is 13.9 Å². The number of ether oxygens (including phenoxy) is 3. The predicted molar refractivity (Wildman–Crippen MR) is 84.3 cm³/mol. The topological polar surface area (TPSA) is 80.8 Å². The fourth-order valence-corrected chi connectivity index (χ4v) is 2.65. The summed E-state index contributed by atoms with van der Waals surface area (Å²) in [6.07, 6.45) is 0. The van der Waals surface area contributed by atoms with Crippen LogP contribution in [0.15, 0.2) is 41.2 Å². The highest BCUT2D eigenvalue weighted by atomic mass is 16.7. The molecule has 6 heteroatoms. The third-order valence-corrected chi connectivity index (χ3v) is 3.76. The first-order chi connectivity index (χ1) is 11.1. The van der Waals surface area contributed by atoms with E-state index in [1.165, 1.54) is 19.2 Å². The number of phenols is 1. The summed E-state index contributed by atoms with van der Waals surface area (Å²) in [6.45, 7) is 0.149. The first-order valence-corrected chi connectivity index (χ1v) is 6.99. The van der Waals surface area contributed by atoms with Crippen LogP contribution < -0.4 is 19.6 Å². The molecule has 0 bridgehead atoms. The van der Waals surface area contributed by atoms with Gasteiger partial charge in [-0.1, -0.05) is 0 Å². The summed E-state index contributed by atoms with van der Waals surface area (Å²) in [5.41, 5.74) is 1.72. The number of fused-ring (bicyclic) bond motifs is 2. The predicted octanol–water partition coefficient (Wildman–Crippen LogP) is 2.64. The Kier molecular flexibility index (Phi) is 2.90. The number of benzene rings is 2. The number of aromatic amines is 1. The second-order valence-corrected chi connectivity index (χ2v) is 5.22. The number of hydrogen-bond acceptors (Lipinski definition) is 5. The average Bonchev–Trinajstić information content (AvgIpc) is 2.99. The minimum Gasteiger partial charge on any atom is -0.508 e. The van der Waals surface area contributed by atoms with Crippen molar-refractivity contribution in [1.29, 1.82) is 0 Å². The zero-order valence-corrected chi connectivity index (χ0v) is 12.3. The van der Waals surface area contributed by atoms with Crippen LogP contribution in [0.5, 0.6) is 23.0 Å². The zero-order chi connectivity index (χ0) is 16.0. The number of aromatic nitrogens is 1. The van der Waals surface area contributed by atoms with Crippen LogP contribution in [0.25, 0.3) is 22.2 Å². The first-order valence-electron chi connectivity index (χ1n) is 6.99. The van der Waals surface area contributed by atoms with Crippen LogP contribution in [0, 0.1) is 0 Å². The van der Waals surface area contributed by atoms with Gasteiger partial charge in [0.15, 0.2) is 16.9 Å². The number of rotatable bonds is 2. The first kappa shape index (κ1) is 13.5. The molecule has 0 radical (unpaired) electrons. The molecule has 0 saturated carbocycles. The van der Waals surface area contributed by atoms with Gasteiger partial charge >= 0.3 is 0 Å². The Morgan fingerprint density at radius 1 is 1.09 bits per heavy atom. The van der Waals surface area contributed by atoms with Gasteiger partial charge in [0, 0.05) is 34.8 Å². The third-order valence-electron chi connectivity index (χ3n) is 3.76. The molecule has 0 amide bonds. The summed E-state index contributed by atoms with van der Waals surface area (Å²) in [7, 11) is 1.52. The quantitative estimate of drug-likeness (QED) is 0.760. The summed E-state index contributed by atoms with van der Waals surface area (Å²) in [5, 5.41) is 10.3. The van der Waals surface area contributed by atoms with Gasteiger partial charge in [-0.05, 0) is 18.2 Å². The summed E-state index contributed by atoms with van der Waals surface area (Å²) in [6, 6.07) is 9.70. The van der Waals surface area contributed by atoms with Crippen molar-refractivity contribution in [3.63, 3.8) is 0 Å². The van der Waals surface area contributed by atoms with Crippen LogP contribution in [-0.2, 0) is 0 Å². The van der Waals surface area contributed by atoms with Crippen molar-refractivity contribution in [2.24, 2.45) is 0 Å². The van der Waals surface area contributed by atoms with E-state index in [9.17, 15) is 9.90 Å². The number of hydrogen-bond donors (Lipinski definition) is 2. The molecule has 0 fully saturated rings.